The van der Waals surface area contributed by atoms with Crippen molar-refractivity contribution in [1.82, 2.24) is 4.90 Å². The van der Waals surface area contributed by atoms with Gasteiger partial charge in [0, 0.05) is 12.1 Å². The van der Waals surface area contributed by atoms with Crippen LogP contribution in [-0.4, -0.2) is 42.4 Å². The van der Waals surface area contributed by atoms with Gasteiger partial charge in [0.05, 0.1) is 12.7 Å². The summed E-state index contributed by atoms with van der Waals surface area (Å²) in [7, 11) is 0. The summed E-state index contributed by atoms with van der Waals surface area (Å²) in [4.78, 5) is 2.34. The van der Waals surface area contributed by atoms with Crippen LogP contribution in [0.5, 0.6) is 5.75 Å². The van der Waals surface area contributed by atoms with Crippen molar-refractivity contribution in [3.05, 3.63) is 65.5 Å². The molecule has 3 rings (SSSR count). The average Bonchev–Trinajstić information content (AvgIpc) is 2.67. The Morgan fingerprint density at radius 2 is 1.96 bits per heavy atom. The van der Waals surface area contributed by atoms with Crippen LogP contribution in [0.15, 0.2) is 48.5 Å². The summed E-state index contributed by atoms with van der Waals surface area (Å²) in [6, 6.07) is 14.4. The fraction of sp³-hybridized carbons (Fsp3) is 0.391. The maximum absolute atomic E-state index is 13.3. The van der Waals surface area contributed by atoms with E-state index < -0.39 is 0 Å². The molecule has 5 heteroatoms. The van der Waals surface area contributed by atoms with Crippen LogP contribution in [0, 0.1) is 5.82 Å². The van der Waals surface area contributed by atoms with E-state index in [1.165, 1.54) is 12.1 Å². The van der Waals surface area contributed by atoms with Gasteiger partial charge >= 0.3 is 0 Å². The standard InChI is InChI=1S/C23H28FNO2.ClH/c24-21-9-5-7-19(17-21)12-13-20-8-1-2-11-23(20)27-16-4-3-14-25-15-6-10-22(26)18-25;/h1-2,5,7-9,11-13,17,22,26H,3-4,6,10,14-16,18H2;1H/b13-12+;. The quantitative estimate of drug-likeness (QED) is 0.493. The lowest BCUT2D eigenvalue weighted by Gasteiger charge is -2.29. The van der Waals surface area contributed by atoms with Gasteiger partial charge in [0.2, 0.25) is 0 Å². The molecule has 1 unspecified atom stereocenters. The summed E-state index contributed by atoms with van der Waals surface area (Å²) < 4.78 is 19.3. The Morgan fingerprint density at radius 3 is 2.79 bits per heavy atom. The fourth-order valence-corrected chi connectivity index (χ4v) is 3.40. The third kappa shape index (κ3) is 7.27. The van der Waals surface area contributed by atoms with E-state index in [0.29, 0.717) is 6.61 Å². The van der Waals surface area contributed by atoms with Crippen molar-refractivity contribution in [3.63, 3.8) is 0 Å². The van der Waals surface area contributed by atoms with E-state index in [4.69, 9.17) is 4.74 Å². The van der Waals surface area contributed by atoms with Gasteiger partial charge in [0.15, 0.2) is 0 Å². The first-order valence-electron chi connectivity index (χ1n) is 9.76. The number of unbranched alkanes of at least 4 members (excludes halogenated alkanes) is 1. The summed E-state index contributed by atoms with van der Waals surface area (Å²) in [5, 5.41) is 9.72. The predicted octanol–water partition coefficient (Wildman–Crippen LogP) is 5.03. The summed E-state index contributed by atoms with van der Waals surface area (Å²) in [5.41, 5.74) is 1.81. The number of piperidine rings is 1. The monoisotopic (exact) mass is 405 g/mol. The van der Waals surface area contributed by atoms with E-state index >= 15 is 0 Å². The lowest BCUT2D eigenvalue weighted by atomic mass is 10.1. The predicted molar refractivity (Wildman–Crippen MR) is 115 cm³/mol. The Hall–Kier alpha value is -1.88. The summed E-state index contributed by atoms with van der Waals surface area (Å²) in [6.45, 7) is 3.57. The summed E-state index contributed by atoms with van der Waals surface area (Å²) in [6.07, 6.45) is 7.75. The van der Waals surface area contributed by atoms with Gasteiger partial charge in [-0.25, -0.2) is 4.39 Å². The number of β-amino-alcohol motifs (C(OH)–C–C–N with tert-alkyl or cyclic N) is 1. The van der Waals surface area contributed by atoms with Gasteiger partial charge in [-0.1, -0.05) is 42.5 Å². The van der Waals surface area contributed by atoms with Crippen molar-refractivity contribution in [2.24, 2.45) is 0 Å². The minimum Gasteiger partial charge on any atom is -0.493 e. The lowest BCUT2D eigenvalue weighted by Crippen LogP contribution is -2.38. The number of benzene rings is 2. The minimum atomic E-state index is -0.233. The summed E-state index contributed by atoms with van der Waals surface area (Å²) >= 11 is 0. The molecule has 0 saturated carbocycles. The molecule has 0 amide bonds. The zero-order valence-electron chi connectivity index (χ0n) is 16.1. The van der Waals surface area contributed by atoms with Crippen LogP contribution < -0.4 is 4.74 Å². The Labute approximate surface area is 173 Å². The largest absolute Gasteiger partial charge is 0.493 e. The molecule has 1 aliphatic rings. The number of halogens is 2. The van der Waals surface area contributed by atoms with Crippen molar-refractivity contribution >= 4 is 24.6 Å². The Kier molecular flexibility index (Phi) is 9.48. The molecule has 152 valence electrons. The maximum atomic E-state index is 13.3. The highest BCUT2D eigenvalue weighted by molar-refractivity contribution is 5.85. The third-order valence-corrected chi connectivity index (χ3v) is 4.83. The molecule has 0 radical (unpaired) electrons. The number of aliphatic hydroxyl groups is 1. The van der Waals surface area contributed by atoms with Gasteiger partial charge in [-0.2, -0.15) is 0 Å². The van der Waals surface area contributed by atoms with E-state index in [0.717, 1.165) is 62.2 Å². The lowest BCUT2D eigenvalue weighted by molar-refractivity contribution is 0.0693. The van der Waals surface area contributed by atoms with E-state index in [1.807, 2.05) is 42.5 Å². The highest BCUT2D eigenvalue weighted by atomic mass is 35.5. The maximum Gasteiger partial charge on any atom is 0.126 e. The van der Waals surface area contributed by atoms with E-state index in [2.05, 4.69) is 4.90 Å². The highest BCUT2D eigenvalue weighted by Crippen LogP contribution is 2.21. The molecule has 3 nitrogen and oxygen atoms in total. The number of aliphatic hydroxyl groups excluding tert-OH is 1. The van der Waals surface area contributed by atoms with Crippen molar-refractivity contribution in [1.29, 1.82) is 0 Å². The second kappa shape index (κ2) is 11.8. The van der Waals surface area contributed by atoms with E-state index in [9.17, 15) is 9.50 Å². The molecule has 1 saturated heterocycles. The van der Waals surface area contributed by atoms with Gasteiger partial charge in [-0.05, 0) is 62.5 Å². The van der Waals surface area contributed by atoms with Gasteiger partial charge in [0.1, 0.15) is 11.6 Å². The second-order valence-electron chi connectivity index (χ2n) is 7.08. The average molecular weight is 406 g/mol. The number of nitrogens with zero attached hydrogens (tertiary/aromatic N) is 1. The highest BCUT2D eigenvalue weighted by Gasteiger charge is 2.16. The van der Waals surface area contributed by atoms with Crippen LogP contribution in [0.3, 0.4) is 0 Å². The Bertz CT molecular complexity index is 753. The van der Waals surface area contributed by atoms with Crippen LogP contribution in [-0.2, 0) is 0 Å². The molecular weight excluding hydrogens is 377 g/mol. The van der Waals surface area contributed by atoms with Crippen LogP contribution in [0.4, 0.5) is 4.39 Å². The summed E-state index contributed by atoms with van der Waals surface area (Å²) in [5.74, 6) is 0.612. The number of likely N-dealkylation sites (tertiary alicyclic amines) is 1. The number of hydrogen-bond donors (Lipinski definition) is 1. The Balaban J connectivity index is 0.00000280. The fourth-order valence-electron chi connectivity index (χ4n) is 3.40. The molecule has 0 aliphatic carbocycles. The molecule has 0 spiro atoms. The van der Waals surface area contributed by atoms with Crippen LogP contribution in [0.2, 0.25) is 0 Å². The second-order valence-corrected chi connectivity index (χ2v) is 7.08. The zero-order chi connectivity index (χ0) is 18.9. The van der Waals surface area contributed by atoms with Crippen molar-refractivity contribution in [2.75, 3.05) is 26.2 Å². The molecule has 2 aromatic carbocycles. The number of rotatable bonds is 8. The molecule has 2 aromatic rings. The molecule has 0 bridgehead atoms. The molecular formula is C23H29ClFNO2. The molecule has 1 atom stereocenters. The van der Waals surface area contributed by atoms with Crippen molar-refractivity contribution < 1.29 is 14.2 Å². The molecule has 1 aliphatic heterocycles. The number of hydrogen-bond acceptors (Lipinski definition) is 3. The third-order valence-electron chi connectivity index (χ3n) is 4.83. The molecule has 28 heavy (non-hydrogen) atoms. The van der Waals surface area contributed by atoms with Crippen LogP contribution in [0.25, 0.3) is 12.2 Å². The van der Waals surface area contributed by atoms with Gasteiger partial charge in [-0.15, -0.1) is 12.4 Å². The SMILES string of the molecule is Cl.OC1CCCN(CCCCOc2ccccc2/C=C/c2cccc(F)c2)C1. The number of ether oxygens (including phenoxy) is 1. The minimum absolute atomic E-state index is 0. The van der Waals surface area contributed by atoms with Gasteiger partial charge in [0.25, 0.3) is 0 Å². The van der Waals surface area contributed by atoms with Crippen LogP contribution in [0.1, 0.15) is 36.8 Å². The van der Waals surface area contributed by atoms with Crippen LogP contribution >= 0.6 is 12.4 Å². The topological polar surface area (TPSA) is 32.7 Å². The van der Waals surface area contributed by atoms with E-state index in [1.54, 1.807) is 6.07 Å². The first kappa shape index (κ1) is 22.4. The zero-order valence-corrected chi connectivity index (χ0v) is 16.9. The molecule has 1 N–H and O–H groups in total. The van der Waals surface area contributed by atoms with Crippen molar-refractivity contribution in [3.8, 4) is 5.75 Å². The smallest absolute Gasteiger partial charge is 0.126 e. The molecule has 1 fully saturated rings. The van der Waals surface area contributed by atoms with Crippen molar-refractivity contribution in [2.45, 2.75) is 31.8 Å². The Morgan fingerprint density at radius 1 is 1.11 bits per heavy atom. The number of para-hydroxylation sites is 1. The molecule has 1 heterocycles. The first-order valence-corrected chi connectivity index (χ1v) is 9.76. The van der Waals surface area contributed by atoms with Gasteiger partial charge < -0.3 is 14.7 Å². The van der Waals surface area contributed by atoms with E-state index in [-0.39, 0.29) is 24.3 Å². The normalized spacial score (nSPS) is 17.4. The van der Waals surface area contributed by atoms with Gasteiger partial charge in [-0.3, -0.25) is 0 Å². The molecule has 0 aromatic heterocycles. The first-order chi connectivity index (χ1) is 13.2.